The van der Waals surface area contributed by atoms with Gasteiger partial charge in [-0.2, -0.15) is 0 Å². The summed E-state index contributed by atoms with van der Waals surface area (Å²) in [5, 5.41) is 5.24. The van der Waals surface area contributed by atoms with Gasteiger partial charge in [0.15, 0.2) is 0 Å². The molecule has 116 valence electrons. The quantitative estimate of drug-likeness (QED) is 0.757. The van der Waals surface area contributed by atoms with Crippen molar-refractivity contribution in [1.82, 2.24) is 19.3 Å². The number of imidazole rings is 1. The minimum absolute atomic E-state index is 0.0955. The second-order valence-corrected chi connectivity index (χ2v) is 5.38. The second-order valence-electron chi connectivity index (χ2n) is 5.38. The Morgan fingerprint density at radius 2 is 1.23 bits per heavy atom. The fourth-order valence-electron chi connectivity index (χ4n) is 2.86. The smallest absolute Gasteiger partial charge is 0.292 e. The van der Waals surface area contributed by atoms with E-state index >= 15 is 0 Å². The van der Waals surface area contributed by atoms with Crippen LogP contribution in [0.25, 0.3) is 21.8 Å². The van der Waals surface area contributed by atoms with E-state index in [1.54, 1.807) is 21.3 Å². The molecule has 22 heavy (non-hydrogen) atoms. The first-order chi connectivity index (χ1) is 10.6. The number of H-pyrrole nitrogens is 2. The van der Waals surface area contributed by atoms with Gasteiger partial charge in [0.25, 0.3) is 11.1 Å². The molecule has 0 atom stereocenters. The highest BCUT2D eigenvalue weighted by Gasteiger charge is 2.15. The highest BCUT2D eigenvalue weighted by molar-refractivity contribution is 5.94. The predicted octanol–water partition coefficient (Wildman–Crippen LogP) is 1.15. The first-order valence-corrected chi connectivity index (χ1v) is 7.46. The molecule has 0 aliphatic heterocycles. The van der Waals surface area contributed by atoms with Crippen LogP contribution in [-0.2, 0) is 13.1 Å². The normalized spacial score (nSPS) is 11.5. The highest BCUT2D eigenvalue weighted by atomic mass is 16.2. The van der Waals surface area contributed by atoms with Crippen LogP contribution in [0.5, 0.6) is 0 Å². The van der Waals surface area contributed by atoms with Gasteiger partial charge in [-0.3, -0.25) is 28.9 Å². The summed E-state index contributed by atoms with van der Waals surface area (Å²) in [6.07, 6.45) is 1.63. The molecule has 0 aliphatic rings. The van der Waals surface area contributed by atoms with Crippen LogP contribution in [0.15, 0.2) is 26.5 Å². The van der Waals surface area contributed by atoms with Crippen molar-refractivity contribution < 1.29 is 0 Å². The molecule has 1 aromatic carbocycles. The van der Waals surface area contributed by atoms with Gasteiger partial charge < -0.3 is 0 Å². The van der Waals surface area contributed by atoms with E-state index in [0.29, 0.717) is 34.9 Å². The first-order valence-electron chi connectivity index (χ1n) is 7.46. The minimum Gasteiger partial charge on any atom is -0.292 e. The van der Waals surface area contributed by atoms with Crippen molar-refractivity contribution in [2.45, 2.75) is 39.8 Å². The molecule has 0 saturated heterocycles. The molecule has 7 nitrogen and oxygen atoms in total. The van der Waals surface area contributed by atoms with Crippen molar-refractivity contribution in [3.63, 3.8) is 0 Å². The molecule has 0 saturated carbocycles. The van der Waals surface area contributed by atoms with Gasteiger partial charge in [0, 0.05) is 13.1 Å². The van der Waals surface area contributed by atoms with E-state index in [9.17, 15) is 14.4 Å². The number of aromatic nitrogens is 4. The van der Waals surface area contributed by atoms with Gasteiger partial charge in [-0.1, -0.05) is 13.8 Å². The summed E-state index contributed by atoms with van der Waals surface area (Å²) in [5.74, 6) is 0. The number of benzene rings is 1. The van der Waals surface area contributed by atoms with Crippen molar-refractivity contribution in [2.24, 2.45) is 0 Å². The molecule has 7 heteroatoms. The zero-order valence-electron chi connectivity index (χ0n) is 12.6. The second kappa shape index (κ2) is 5.32. The van der Waals surface area contributed by atoms with Gasteiger partial charge in [0.2, 0.25) is 0 Å². The molecule has 3 aromatic rings. The predicted molar refractivity (Wildman–Crippen MR) is 85.5 cm³/mol. The number of hydrogen-bond donors (Lipinski definition) is 2. The van der Waals surface area contributed by atoms with Gasteiger partial charge in [0.05, 0.1) is 21.8 Å². The number of nitrogens with zero attached hydrogens (tertiary/aromatic N) is 2. The maximum Gasteiger partial charge on any atom is 0.329 e. The van der Waals surface area contributed by atoms with Crippen LogP contribution in [0.4, 0.5) is 0 Å². The number of aryl methyl sites for hydroxylation is 2. The van der Waals surface area contributed by atoms with Crippen LogP contribution < -0.4 is 16.8 Å². The van der Waals surface area contributed by atoms with Crippen LogP contribution in [0.3, 0.4) is 0 Å². The minimum atomic E-state index is -0.366. The Hall–Kier alpha value is -2.57. The van der Waals surface area contributed by atoms with Crippen LogP contribution in [-0.4, -0.2) is 19.3 Å². The fraction of sp³-hybridized carbons (Fsp3) is 0.400. The average Bonchev–Trinajstić information content (AvgIpc) is 2.76. The van der Waals surface area contributed by atoms with E-state index in [0.717, 1.165) is 12.8 Å². The van der Waals surface area contributed by atoms with Crippen LogP contribution in [0.1, 0.15) is 26.7 Å². The summed E-state index contributed by atoms with van der Waals surface area (Å²) in [6, 6.07) is 3.28. The van der Waals surface area contributed by atoms with Crippen molar-refractivity contribution in [3.05, 3.63) is 43.3 Å². The lowest BCUT2D eigenvalue weighted by Crippen LogP contribution is -2.24. The Labute approximate surface area is 125 Å². The first kappa shape index (κ1) is 14.4. The molecule has 0 spiro atoms. The Morgan fingerprint density at radius 1 is 0.818 bits per heavy atom. The molecule has 2 heterocycles. The number of aromatic amines is 2. The summed E-state index contributed by atoms with van der Waals surface area (Å²) in [5.41, 5.74) is 0.570. The van der Waals surface area contributed by atoms with E-state index in [1.807, 2.05) is 13.8 Å². The monoisotopic (exact) mass is 302 g/mol. The number of fused-ring (bicyclic) bond motifs is 2. The van der Waals surface area contributed by atoms with Crippen molar-refractivity contribution >= 4 is 21.8 Å². The highest BCUT2D eigenvalue weighted by Crippen LogP contribution is 2.18. The molecule has 0 fully saturated rings. The number of nitrogens with one attached hydrogen (secondary N) is 2. The maximum absolute atomic E-state index is 12.6. The Morgan fingerprint density at radius 3 is 1.59 bits per heavy atom. The van der Waals surface area contributed by atoms with Crippen molar-refractivity contribution in [2.75, 3.05) is 0 Å². The van der Waals surface area contributed by atoms with E-state index in [2.05, 4.69) is 10.2 Å². The lowest BCUT2D eigenvalue weighted by molar-refractivity contribution is 0.607. The number of rotatable bonds is 4. The maximum atomic E-state index is 12.6. The van der Waals surface area contributed by atoms with E-state index < -0.39 is 0 Å². The van der Waals surface area contributed by atoms with Crippen LogP contribution in [0, 0.1) is 0 Å². The summed E-state index contributed by atoms with van der Waals surface area (Å²) in [6.45, 7) is 5.15. The third kappa shape index (κ3) is 2.01. The molecule has 0 bridgehead atoms. The zero-order valence-corrected chi connectivity index (χ0v) is 12.6. The molecular weight excluding hydrogens is 284 g/mol. The van der Waals surface area contributed by atoms with Gasteiger partial charge in [0.1, 0.15) is 0 Å². The van der Waals surface area contributed by atoms with Gasteiger partial charge >= 0.3 is 5.69 Å². The van der Waals surface area contributed by atoms with Crippen molar-refractivity contribution in [3.8, 4) is 0 Å². The Bertz CT molecular complexity index is 940. The van der Waals surface area contributed by atoms with Crippen LogP contribution in [0.2, 0.25) is 0 Å². The topological polar surface area (TPSA) is 92.7 Å². The van der Waals surface area contributed by atoms with Gasteiger partial charge in [-0.05, 0) is 25.0 Å². The molecule has 3 rings (SSSR count). The third-order valence-corrected chi connectivity index (χ3v) is 3.83. The van der Waals surface area contributed by atoms with Gasteiger partial charge in [-0.15, -0.1) is 0 Å². The molecule has 2 N–H and O–H groups in total. The fourth-order valence-corrected chi connectivity index (χ4v) is 2.86. The molecule has 0 amide bonds. The van der Waals surface area contributed by atoms with E-state index in [4.69, 9.17) is 0 Å². The Kier molecular flexibility index (Phi) is 3.48. The molecule has 0 aliphatic carbocycles. The lowest BCUT2D eigenvalue weighted by Gasteiger charge is -2.02. The largest absolute Gasteiger partial charge is 0.329 e. The third-order valence-electron chi connectivity index (χ3n) is 3.83. The average molecular weight is 302 g/mol. The summed E-state index contributed by atoms with van der Waals surface area (Å²) < 4.78 is 3.34. The summed E-state index contributed by atoms with van der Waals surface area (Å²) in [4.78, 5) is 36.5. The van der Waals surface area contributed by atoms with E-state index in [-0.39, 0.29) is 16.8 Å². The van der Waals surface area contributed by atoms with E-state index in [1.165, 1.54) is 0 Å². The summed E-state index contributed by atoms with van der Waals surface area (Å²) >= 11 is 0. The Balaban J connectivity index is 2.52. The van der Waals surface area contributed by atoms with Gasteiger partial charge in [-0.25, -0.2) is 4.79 Å². The molecule has 2 aromatic heterocycles. The molecule has 0 unspecified atom stereocenters. The standard InChI is InChI=1S/C15H18N4O3/c1-3-5-18-11-7-9-10(14(21)17-16-13(9)20)8-12(11)19(6-4-2)15(18)22/h7-8H,3-6H2,1-2H3,(H,16,20)(H,17,21). The summed E-state index contributed by atoms with van der Waals surface area (Å²) in [7, 11) is 0. The number of hydrogen-bond acceptors (Lipinski definition) is 3. The molecular formula is C15H18N4O3. The SMILES string of the molecule is CCCn1c(=O)n(CCC)c2cc3c(=O)[nH][nH]c(=O)c3cc21. The molecule has 0 radical (unpaired) electrons. The lowest BCUT2D eigenvalue weighted by atomic mass is 10.1. The van der Waals surface area contributed by atoms with Crippen molar-refractivity contribution in [1.29, 1.82) is 0 Å². The zero-order chi connectivity index (χ0) is 15.9. The van der Waals surface area contributed by atoms with Crippen LogP contribution >= 0.6 is 0 Å².